The van der Waals surface area contributed by atoms with Gasteiger partial charge in [0.25, 0.3) is 0 Å². The van der Waals surface area contributed by atoms with Gasteiger partial charge in [0.1, 0.15) is 12.4 Å². The van der Waals surface area contributed by atoms with Crippen molar-refractivity contribution in [2.75, 3.05) is 7.11 Å². The van der Waals surface area contributed by atoms with Crippen LogP contribution in [0.5, 0.6) is 0 Å². The Hall–Kier alpha value is -1.65. The fraction of sp³-hybridized carbons (Fsp3) is 0.286. The third-order valence-corrected chi connectivity index (χ3v) is 1.73. The number of carbonyl (C=O) groups excluding carboxylic acids is 1. The van der Waals surface area contributed by atoms with Gasteiger partial charge in [-0.15, -0.1) is 5.11 Å². The number of azo groups is 1. The maximum atomic E-state index is 11.1. The van der Waals surface area contributed by atoms with Gasteiger partial charge >= 0.3 is 5.97 Å². The van der Waals surface area contributed by atoms with E-state index in [1.807, 2.05) is 0 Å². The van der Waals surface area contributed by atoms with Gasteiger partial charge in [0, 0.05) is 0 Å². The van der Waals surface area contributed by atoms with Gasteiger partial charge in [0.15, 0.2) is 5.82 Å². The van der Waals surface area contributed by atoms with Crippen molar-refractivity contribution in [3.63, 3.8) is 0 Å². The zero-order valence-corrected chi connectivity index (χ0v) is 6.52. The molecule has 1 aliphatic rings. The highest BCUT2D eigenvalue weighted by Gasteiger charge is 2.17. The van der Waals surface area contributed by atoms with Crippen LogP contribution in [-0.4, -0.2) is 17.6 Å². The zero-order chi connectivity index (χ0) is 8.55. The zero-order valence-electron chi connectivity index (χ0n) is 6.52. The van der Waals surface area contributed by atoms with Crippen molar-refractivity contribution >= 4 is 11.8 Å². The summed E-state index contributed by atoms with van der Waals surface area (Å²) in [5.41, 5.74) is 0.498. The van der Waals surface area contributed by atoms with Crippen molar-refractivity contribution in [2.24, 2.45) is 10.2 Å². The van der Waals surface area contributed by atoms with Gasteiger partial charge in [-0.3, -0.25) is 4.57 Å². The normalized spacial score (nSPS) is 13.1. The van der Waals surface area contributed by atoms with E-state index in [9.17, 15) is 4.79 Å². The van der Waals surface area contributed by atoms with Crippen LogP contribution in [0.1, 0.15) is 10.5 Å². The molecule has 1 aromatic rings. The van der Waals surface area contributed by atoms with E-state index in [0.29, 0.717) is 18.2 Å². The Kier molecular flexibility index (Phi) is 1.43. The SMILES string of the molecule is COC(=O)c1ccc2n1CN=N2. The van der Waals surface area contributed by atoms with Gasteiger partial charge < -0.3 is 4.74 Å². The van der Waals surface area contributed by atoms with Crippen LogP contribution < -0.4 is 0 Å². The van der Waals surface area contributed by atoms with Crippen LogP contribution in [0.25, 0.3) is 0 Å². The summed E-state index contributed by atoms with van der Waals surface area (Å²) in [5, 5.41) is 7.59. The average molecular weight is 165 g/mol. The standard InChI is InChI=1S/C7H7N3O2/c1-12-7(11)5-2-3-6-9-8-4-10(5)6/h2-3H,4H2,1H3. The highest BCUT2D eigenvalue weighted by atomic mass is 16.5. The summed E-state index contributed by atoms with van der Waals surface area (Å²) in [6, 6.07) is 3.42. The number of fused-ring (bicyclic) bond motifs is 1. The molecule has 0 aromatic carbocycles. The van der Waals surface area contributed by atoms with Crippen LogP contribution in [-0.2, 0) is 11.4 Å². The first-order valence-electron chi connectivity index (χ1n) is 3.48. The molecule has 0 spiro atoms. The quantitative estimate of drug-likeness (QED) is 0.589. The maximum Gasteiger partial charge on any atom is 0.354 e. The molecule has 0 radical (unpaired) electrons. The van der Waals surface area contributed by atoms with Gasteiger partial charge in [-0.05, 0) is 12.1 Å². The maximum absolute atomic E-state index is 11.1. The lowest BCUT2D eigenvalue weighted by Crippen LogP contribution is -2.07. The van der Waals surface area contributed by atoms with Crippen molar-refractivity contribution in [2.45, 2.75) is 6.67 Å². The molecule has 0 amide bonds. The number of esters is 1. The van der Waals surface area contributed by atoms with Crippen molar-refractivity contribution in [3.05, 3.63) is 17.8 Å². The molecule has 5 heteroatoms. The monoisotopic (exact) mass is 165 g/mol. The third kappa shape index (κ3) is 0.827. The predicted molar refractivity (Wildman–Crippen MR) is 40.3 cm³/mol. The smallest absolute Gasteiger partial charge is 0.354 e. The van der Waals surface area contributed by atoms with E-state index in [2.05, 4.69) is 15.0 Å². The molecule has 0 saturated carbocycles. The Balaban J connectivity index is 2.42. The van der Waals surface area contributed by atoms with E-state index in [-0.39, 0.29) is 5.97 Å². The first-order chi connectivity index (χ1) is 5.83. The Morgan fingerprint density at radius 2 is 2.50 bits per heavy atom. The Morgan fingerprint density at radius 1 is 1.67 bits per heavy atom. The Bertz CT molecular complexity index is 354. The molecular formula is C7H7N3O2. The molecule has 1 aromatic heterocycles. The minimum atomic E-state index is -0.353. The average Bonchev–Trinajstić information content (AvgIpc) is 2.62. The second kappa shape index (κ2) is 2.44. The molecule has 0 atom stereocenters. The highest BCUT2D eigenvalue weighted by Crippen LogP contribution is 2.23. The van der Waals surface area contributed by atoms with E-state index in [0.717, 1.165) is 0 Å². The molecule has 12 heavy (non-hydrogen) atoms. The van der Waals surface area contributed by atoms with E-state index in [1.54, 1.807) is 16.7 Å². The number of rotatable bonds is 1. The molecule has 62 valence electrons. The molecule has 0 fully saturated rings. The van der Waals surface area contributed by atoms with Crippen molar-refractivity contribution < 1.29 is 9.53 Å². The summed E-state index contributed by atoms with van der Waals surface area (Å²) >= 11 is 0. The van der Waals surface area contributed by atoms with E-state index in [4.69, 9.17) is 0 Å². The lowest BCUT2D eigenvalue weighted by atomic mass is 10.4. The number of hydrogen-bond acceptors (Lipinski definition) is 4. The molecule has 0 unspecified atom stereocenters. The minimum Gasteiger partial charge on any atom is -0.464 e. The highest BCUT2D eigenvalue weighted by molar-refractivity contribution is 5.88. The number of ether oxygens (including phenoxy) is 1. The number of nitrogens with zero attached hydrogens (tertiary/aromatic N) is 3. The van der Waals surface area contributed by atoms with E-state index >= 15 is 0 Å². The molecule has 5 nitrogen and oxygen atoms in total. The summed E-state index contributed by atoms with van der Waals surface area (Å²) < 4.78 is 6.28. The first-order valence-corrected chi connectivity index (χ1v) is 3.48. The second-order valence-corrected chi connectivity index (χ2v) is 2.38. The van der Waals surface area contributed by atoms with Gasteiger partial charge in [-0.1, -0.05) is 0 Å². The lowest BCUT2D eigenvalue weighted by molar-refractivity contribution is 0.0589. The van der Waals surface area contributed by atoms with E-state index < -0.39 is 0 Å². The van der Waals surface area contributed by atoms with E-state index in [1.165, 1.54) is 7.11 Å². The summed E-state index contributed by atoms with van der Waals surface area (Å²) in [5.74, 6) is 0.351. The number of hydrogen-bond donors (Lipinski definition) is 0. The summed E-state index contributed by atoms with van der Waals surface area (Å²) in [4.78, 5) is 11.1. The summed E-state index contributed by atoms with van der Waals surface area (Å²) in [7, 11) is 1.35. The van der Waals surface area contributed by atoms with Gasteiger partial charge in [0.2, 0.25) is 0 Å². The fourth-order valence-corrected chi connectivity index (χ4v) is 1.14. The third-order valence-electron chi connectivity index (χ3n) is 1.73. The first kappa shape index (κ1) is 7.02. The van der Waals surface area contributed by atoms with Crippen molar-refractivity contribution in [1.29, 1.82) is 0 Å². The molecule has 0 N–H and O–H groups in total. The topological polar surface area (TPSA) is 56.0 Å². The van der Waals surface area contributed by atoms with Crippen LogP contribution in [0, 0.1) is 0 Å². The molecule has 0 bridgehead atoms. The molecule has 2 rings (SSSR count). The van der Waals surface area contributed by atoms with Crippen LogP contribution >= 0.6 is 0 Å². The van der Waals surface area contributed by atoms with Gasteiger partial charge in [-0.25, -0.2) is 4.79 Å². The van der Waals surface area contributed by atoms with Crippen molar-refractivity contribution in [3.8, 4) is 0 Å². The second-order valence-electron chi connectivity index (χ2n) is 2.38. The fourth-order valence-electron chi connectivity index (χ4n) is 1.14. The Labute approximate surface area is 68.7 Å². The van der Waals surface area contributed by atoms with Gasteiger partial charge in [0.05, 0.1) is 7.11 Å². The molecule has 0 aliphatic carbocycles. The molecular weight excluding hydrogens is 158 g/mol. The lowest BCUT2D eigenvalue weighted by Gasteiger charge is -2.00. The van der Waals surface area contributed by atoms with Crippen LogP contribution in [0.2, 0.25) is 0 Å². The minimum absolute atomic E-state index is 0.353. The van der Waals surface area contributed by atoms with Crippen LogP contribution in [0.15, 0.2) is 22.4 Å². The molecule has 0 saturated heterocycles. The molecule has 2 heterocycles. The largest absolute Gasteiger partial charge is 0.464 e. The van der Waals surface area contributed by atoms with Crippen LogP contribution in [0.3, 0.4) is 0 Å². The predicted octanol–water partition coefficient (Wildman–Crippen LogP) is 1.33. The summed E-state index contributed by atoms with van der Waals surface area (Å²) in [6.45, 7) is 0.409. The molecule has 1 aliphatic heterocycles. The number of methoxy groups -OCH3 is 1. The summed E-state index contributed by atoms with van der Waals surface area (Å²) in [6.07, 6.45) is 0. The van der Waals surface area contributed by atoms with Crippen molar-refractivity contribution in [1.82, 2.24) is 4.57 Å². The number of aromatic nitrogens is 1. The van der Waals surface area contributed by atoms with Gasteiger partial charge in [-0.2, -0.15) is 5.11 Å². The number of carbonyl (C=O) groups is 1. The van der Waals surface area contributed by atoms with Crippen LogP contribution in [0.4, 0.5) is 5.82 Å². The Morgan fingerprint density at radius 3 is 3.25 bits per heavy atom.